The van der Waals surface area contributed by atoms with Crippen LogP contribution in [0.5, 0.6) is 0 Å². The molecule has 11 rings (SSSR count). The predicted molar refractivity (Wildman–Crippen MR) is 375 cm³/mol. The number of carboxylic acids is 2. The topological polar surface area (TPSA) is 211 Å². The van der Waals surface area contributed by atoms with Gasteiger partial charge in [-0.1, -0.05) is 163 Å². The molecule has 502 valence electrons. The Morgan fingerprint density at radius 2 is 0.957 bits per heavy atom. The maximum atomic E-state index is 12.8. The first kappa shape index (κ1) is 70.5. The number of carboxylic acid groups (broad SMARTS) is 2. The van der Waals surface area contributed by atoms with Crippen LogP contribution in [0.2, 0.25) is 0 Å². The molecule has 14 atom stereocenters. The van der Waals surface area contributed by atoms with Crippen molar-refractivity contribution in [2.45, 2.75) is 194 Å². The monoisotopic (exact) mass is 1340 g/mol. The van der Waals surface area contributed by atoms with Crippen molar-refractivity contribution < 1.29 is 48.5 Å². The summed E-state index contributed by atoms with van der Waals surface area (Å²) in [7, 11) is 6.16. The zero-order valence-electron chi connectivity index (χ0n) is 55.3. The number of esters is 2. The average Bonchev–Trinajstić information content (AvgIpc) is 1.48. The largest absolute Gasteiger partial charge is 0.480 e. The second-order valence-electron chi connectivity index (χ2n) is 28.9. The molecule has 8 aliphatic rings. The van der Waals surface area contributed by atoms with Gasteiger partial charge in [0.25, 0.3) is 0 Å². The number of rotatable bonds is 26. The highest BCUT2D eigenvalue weighted by Crippen LogP contribution is 2.68. The maximum Gasteiger partial charge on any atom is 0.326 e. The Kier molecular flexibility index (Phi) is 24.0. The summed E-state index contributed by atoms with van der Waals surface area (Å²) in [5.74, 6) is 3.77. The fourth-order valence-corrected chi connectivity index (χ4v) is 22.0. The first-order valence-corrected chi connectivity index (χ1v) is 39.2. The van der Waals surface area contributed by atoms with Crippen molar-refractivity contribution in [3.05, 3.63) is 132 Å². The van der Waals surface area contributed by atoms with Gasteiger partial charge in [0.1, 0.15) is 24.3 Å². The fourth-order valence-electron chi connectivity index (χ4n) is 18.1. The molecular formula is C75H98N4O10S4. The molecule has 0 bridgehead atoms. The van der Waals surface area contributed by atoms with Gasteiger partial charge in [0.2, 0.25) is 11.8 Å². The second-order valence-corrected chi connectivity index (χ2v) is 34.3. The molecule has 93 heavy (non-hydrogen) atoms. The summed E-state index contributed by atoms with van der Waals surface area (Å²) in [4.78, 5) is 81.8. The molecule has 0 saturated heterocycles. The Morgan fingerprint density at radius 1 is 0.527 bits per heavy atom. The Hall–Kier alpha value is -5.30. The average molecular weight is 1340 g/mol. The summed E-state index contributed by atoms with van der Waals surface area (Å²) in [5, 5.41) is 24.1. The number of fused-ring (bicyclic) bond motifs is 10. The van der Waals surface area contributed by atoms with E-state index < -0.39 is 24.0 Å². The number of amides is 2. The maximum absolute atomic E-state index is 12.8. The lowest BCUT2D eigenvalue weighted by Crippen LogP contribution is -2.50. The molecule has 2 aromatic heterocycles. The van der Waals surface area contributed by atoms with E-state index in [0.717, 1.165) is 69.8 Å². The lowest BCUT2D eigenvalue weighted by molar-refractivity contribution is -0.151. The van der Waals surface area contributed by atoms with Gasteiger partial charge >= 0.3 is 23.9 Å². The van der Waals surface area contributed by atoms with Gasteiger partial charge in [0.05, 0.1) is 12.8 Å². The van der Waals surface area contributed by atoms with Crippen LogP contribution < -0.4 is 10.6 Å². The van der Waals surface area contributed by atoms with Crippen LogP contribution in [-0.4, -0.2) is 103 Å². The normalized spacial score (nSPS) is 30.4. The van der Waals surface area contributed by atoms with Crippen LogP contribution in [0.1, 0.15) is 180 Å². The van der Waals surface area contributed by atoms with E-state index in [4.69, 9.17) is 9.47 Å². The summed E-state index contributed by atoms with van der Waals surface area (Å²) in [6.45, 7) is 13.8. The van der Waals surface area contributed by atoms with E-state index in [-0.39, 0.29) is 82.8 Å². The van der Waals surface area contributed by atoms with E-state index >= 15 is 0 Å². The quantitative estimate of drug-likeness (QED) is 0.0255. The first-order chi connectivity index (χ1) is 44.7. The Bertz CT molecular complexity index is 3260. The van der Waals surface area contributed by atoms with Gasteiger partial charge < -0.3 is 30.3 Å². The van der Waals surface area contributed by atoms with Gasteiger partial charge in [-0.3, -0.25) is 29.1 Å². The molecule has 14 nitrogen and oxygen atoms in total. The number of ether oxygens (including phenoxy) is 2. The number of carbonyl (C=O) groups is 6. The third-order valence-corrected chi connectivity index (χ3v) is 27.7. The minimum absolute atomic E-state index is 0.0399. The molecule has 2 amide bonds. The molecule has 4 fully saturated rings. The second kappa shape index (κ2) is 31.7. The Morgan fingerprint density at radius 3 is 1.38 bits per heavy atom. The third-order valence-electron chi connectivity index (χ3n) is 22.8. The van der Waals surface area contributed by atoms with Gasteiger partial charge in [0.15, 0.2) is 0 Å². The van der Waals surface area contributed by atoms with Gasteiger partial charge in [0, 0.05) is 79.9 Å². The Labute approximate surface area is 567 Å². The smallest absolute Gasteiger partial charge is 0.326 e. The lowest BCUT2D eigenvalue weighted by atomic mass is 9.47. The van der Waals surface area contributed by atoms with E-state index in [1.54, 1.807) is 21.6 Å². The molecule has 4 N–H and O–H groups in total. The van der Waals surface area contributed by atoms with Crippen LogP contribution in [-0.2, 0) is 44.7 Å². The number of aliphatic carboxylic acids is 2. The van der Waals surface area contributed by atoms with Crippen LogP contribution in [0.4, 0.5) is 0 Å². The molecule has 0 unspecified atom stereocenters. The number of pyridine rings is 2. The van der Waals surface area contributed by atoms with Crippen LogP contribution in [0.3, 0.4) is 0 Å². The van der Waals surface area contributed by atoms with Crippen LogP contribution in [0.25, 0.3) is 11.1 Å². The number of hydrogen-bond donors (Lipinski definition) is 4. The van der Waals surface area contributed by atoms with Crippen LogP contribution >= 0.6 is 43.2 Å². The number of nitrogens with zero attached hydrogens (tertiary/aromatic N) is 2. The van der Waals surface area contributed by atoms with Crippen molar-refractivity contribution in [2.75, 3.05) is 23.0 Å². The number of nitrogens with one attached hydrogen (secondary N) is 2. The van der Waals surface area contributed by atoms with Crippen LogP contribution in [0, 0.1) is 63.1 Å². The molecule has 18 heteroatoms. The number of benzene rings is 1. The van der Waals surface area contributed by atoms with E-state index in [9.17, 15) is 39.0 Å². The highest BCUT2D eigenvalue weighted by atomic mass is 33.1. The Balaban J connectivity index is 0.000000204. The standard InChI is InChI=1S/C39H48N2O5S2.C36H50N2O5S2/c1-38-18-14-29(46-36(43)17-22-48-47-21-16-35(42)41-34(37(44)45)23-26-7-4-3-5-8-26)24-28(38)10-11-30-32-13-12-31(27-9-6-20-40-25-27)39(32,2)19-15-33(30)38;1-23(2)20-31(34(41)42)38-32(39)13-18-44-45-19-14-33(40)43-26-11-15-35(3)25(21-26)7-8-27-29-10-9-28(24-6-5-17-37-22-24)36(29,4)16-12-30(27)35/h3-10,12,20,25,29-30,32-34H,11,13-19,21-24H2,1-2H3,(H,41,42)(H,44,45);5-7,9,17,22-23,26-27,29-31H,8,10-16,18-21H2,1-4H3,(H,38,39)(H,41,42)/t29-,30-,32-,33-,34-,38-,39+;26-,27-,29-,30-,31-,35-,36+/m00/s1. The van der Waals surface area contributed by atoms with Crippen molar-refractivity contribution in [1.82, 2.24) is 20.6 Å². The minimum atomic E-state index is -1.04. The van der Waals surface area contributed by atoms with E-state index in [2.05, 4.69) is 96.9 Å². The van der Waals surface area contributed by atoms with Crippen LogP contribution in [0.15, 0.2) is 115 Å². The highest BCUT2D eigenvalue weighted by molar-refractivity contribution is 8.77. The van der Waals surface area contributed by atoms with E-state index in [0.29, 0.717) is 77.8 Å². The summed E-state index contributed by atoms with van der Waals surface area (Å²) in [6, 6.07) is 16.0. The zero-order valence-corrected chi connectivity index (χ0v) is 58.6. The van der Waals surface area contributed by atoms with Crippen molar-refractivity contribution in [3.8, 4) is 0 Å². The number of hydrogen-bond acceptors (Lipinski definition) is 14. The summed E-state index contributed by atoms with van der Waals surface area (Å²) < 4.78 is 12.0. The number of allylic oxidation sites excluding steroid dienone is 6. The summed E-state index contributed by atoms with van der Waals surface area (Å²) >= 11 is 0. The van der Waals surface area contributed by atoms with E-state index in [1.165, 1.54) is 80.7 Å². The molecule has 1 aromatic carbocycles. The van der Waals surface area contributed by atoms with Gasteiger partial charge in [-0.25, -0.2) is 9.59 Å². The van der Waals surface area contributed by atoms with Crippen molar-refractivity contribution in [1.29, 1.82) is 0 Å². The number of aromatic nitrogens is 2. The molecule has 0 aliphatic heterocycles. The molecule has 4 saturated carbocycles. The molecule has 2 heterocycles. The molecule has 0 spiro atoms. The summed E-state index contributed by atoms with van der Waals surface area (Å²) in [6.07, 6.45) is 34.8. The van der Waals surface area contributed by atoms with Crippen molar-refractivity contribution >= 4 is 90.0 Å². The third kappa shape index (κ3) is 16.8. The molecule has 8 aliphatic carbocycles. The predicted octanol–water partition coefficient (Wildman–Crippen LogP) is 15.6. The van der Waals surface area contributed by atoms with E-state index in [1.807, 2.05) is 69.0 Å². The number of carbonyl (C=O) groups excluding carboxylic acids is 4. The van der Waals surface area contributed by atoms with Gasteiger partial charge in [-0.15, -0.1) is 0 Å². The van der Waals surface area contributed by atoms with Gasteiger partial charge in [-0.2, -0.15) is 0 Å². The van der Waals surface area contributed by atoms with Gasteiger partial charge in [-0.05, 0) is 187 Å². The fraction of sp³-hybridized carbons (Fsp3) is 0.600. The molecule has 3 aromatic rings. The summed E-state index contributed by atoms with van der Waals surface area (Å²) in [5.41, 5.74) is 10.3. The lowest BCUT2D eigenvalue weighted by Gasteiger charge is -2.57. The van der Waals surface area contributed by atoms with Crippen molar-refractivity contribution in [2.24, 2.45) is 63.1 Å². The molecule has 0 radical (unpaired) electrons. The highest BCUT2D eigenvalue weighted by Gasteiger charge is 2.59. The van der Waals surface area contributed by atoms with Crippen molar-refractivity contribution in [3.63, 3.8) is 0 Å². The molecular weight excluding hydrogens is 1250 g/mol. The zero-order chi connectivity index (χ0) is 65.9. The first-order valence-electron chi connectivity index (χ1n) is 34.3. The SMILES string of the molecule is CC(C)C[C@H](NC(=O)CCSSCCC(=O)O[C@H]1CC[C@@]2(C)C(=CC[C@@H]3[C@@H]2CC[C@]2(C)C(c4cccnc4)=CC[C@@H]32)C1)C(=O)O.C[C@]12CC[C@H](OC(=O)CCSSCCC(=O)N[C@@H](Cc3ccccc3)C(=O)O)CC1=CC[C@@H]1[C@@H]2CC[C@]2(C)C(c3cccnc3)=CC[C@@H]12. The minimum Gasteiger partial charge on any atom is -0.480 e.